The third kappa shape index (κ3) is 8.12. The first-order valence-electron chi connectivity index (χ1n) is 6.74. The van der Waals surface area contributed by atoms with E-state index < -0.39 is 0 Å². The van der Waals surface area contributed by atoms with Crippen molar-refractivity contribution in [3.8, 4) is 0 Å². The summed E-state index contributed by atoms with van der Waals surface area (Å²) in [5.74, 6) is 7.15. The number of rotatable bonds is 7. The highest BCUT2D eigenvalue weighted by atomic mass is 15.2. The van der Waals surface area contributed by atoms with Gasteiger partial charge in [-0.1, -0.05) is 48.0 Å². The Morgan fingerprint density at radius 1 is 1.06 bits per heavy atom. The molecule has 3 atom stereocenters. The molecular weight excluding hydrogens is 196 g/mol. The molecule has 0 aliphatic heterocycles. The van der Waals surface area contributed by atoms with Gasteiger partial charge in [0, 0.05) is 6.04 Å². The minimum Gasteiger partial charge on any atom is -0.271 e. The largest absolute Gasteiger partial charge is 0.271 e. The molecule has 3 unspecified atom stereocenters. The van der Waals surface area contributed by atoms with Crippen LogP contribution in [-0.2, 0) is 0 Å². The first kappa shape index (κ1) is 15.9. The number of hydrazine groups is 1. The lowest BCUT2D eigenvalue weighted by molar-refractivity contribution is 0.260. The molecule has 98 valence electrons. The molecule has 3 N–H and O–H groups in total. The van der Waals surface area contributed by atoms with Gasteiger partial charge in [-0.2, -0.15) is 0 Å². The monoisotopic (exact) mass is 228 g/mol. The van der Waals surface area contributed by atoms with Crippen molar-refractivity contribution >= 4 is 0 Å². The van der Waals surface area contributed by atoms with Gasteiger partial charge in [-0.05, 0) is 36.5 Å². The van der Waals surface area contributed by atoms with Crippen LogP contribution in [0.3, 0.4) is 0 Å². The molecule has 0 fully saturated rings. The molecule has 0 rings (SSSR count). The summed E-state index contributed by atoms with van der Waals surface area (Å²) in [5, 5.41) is 0. The molecule has 0 spiro atoms. The summed E-state index contributed by atoms with van der Waals surface area (Å²) < 4.78 is 0. The lowest BCUT2D eigenvalue weighted by Gasteiger charge is -2.27. The standard InChI is InChI=1S/C14H32N2/c1-7-11(2)8-13(16-15)9-12(3)10-14(4,5)6/h11-13,16H,7-10,15H2,1-6H3. The molecule has 0 saturated heterocycles. The van der Waals surface area contributed by atoms with E-state index >= 15 is 0 Å². The van der Waals surface area contributed by atoms with Gasteiger partial charge in [0.15, 0.2) is 0 Å². The predicted molar refractivity (Wildman–Crippen MR) is 73.0 cm³/mol. The highest BCUT2D eigenvalue weighted by Gasteiger charge is 2.19. The van der Waals surface area contributed by atoms with Crippen LogP contribution < -0.4 is 11.3 Å². The van der Waals surface area contributed by atoms with Crippen molar-refractivity contribution in [1.29, 1.82) is 0 Å². The van der Waals surface area contributed by atoms with Crippen molar-refractivity contribution in [2.75, 3.05) is 0 Å². The summed E-state index contributed by atoms with van der Waals surface area (Å²) in [6.45, 7) is 13.8. The second kappa shape index (κ2) is 7.29. The van der Waals surface area contributed by atoms with E-state index in [1.807, 2.05) is 0 Å². The van der Waals surface area contributed by atoms with Crippen molar-refractivity contribution in [2.24, 2.45) is 23.1 Å². The second-order valence-corrected chi connectivity index (χ2v) is 6.72. The number of hydrogen-bond donors (Lipinski definition) is 2. The van der Waals surface area contributed by atoms with E-state index in [9.17, 15) is 0 Å². The van der Waals surface area contributed by atoms with Gasteiger partial charge >= 0.3 is 0 Å². The molecule has 0 heterocycles. The fourth-order valence-corrected chi connectivity index (χ4v) is 2.50. The summed E-state index contributed by atoms with van der Waals surface area (Å²) in [7, 11) is 0. The average molecular weight is 228 g/mol. The second-order valence-electron chi connectivity index (χ2n) is 6.72. The molecule has 2 heteroatoms. The van der Waals surface area contributed by atoms with Crippen LogP contribution in [0.1, 0.15) is 67.2 Å². The Kier molecular flexibility index (Phi) is 7.25. The molecular formula is C14H32N2. The quantitative estimate of drug-likeness (QED) is 0.515. The smallest absolute Gasteiger partial charge is 0.0215 e. The van der Waals surface area contributed by atoms with Gasteiger partial charge in [-0.15, -0.1) is 0 Å². The van der Waals surface area contributed by atoms with E-state index in [2.05, 4.69) is 47.0 Å². The van der Waals surface area contributed by atoms with Crippen LogP contribution in [0, 0.1) is 17.3 Å². The van der Waals surface area contributed by atoms with Crippen LogP contribution >= 0.6 is 0 Å². The number of hydrogen-bond acceptors (Lipinski definition) is 2. The van der Waals surface area contributed by atoms with Gasteiger partial charge in [-0.3, -0.25) is 11.3 Å². The maximum absolute atomic E-state index is 5.64. The van der Waals surface area contributed by atoms with Crippen molar-refractivity contribution in [3.05, 3.63) is 0 Å². The zero-order valence-corrected chi connectivity index (χ0v) is 12.1. The van der Waals surface area contributed by atoms with Crippen molar-refractivity contribution < 1.29 is 0 Å². The Labute approximate surface area is 102 Å². The molecule has 0 aliphatic carbocycles. The zero-order chi connectivity index (χ0) is 12.8. The molecule has 0 bridgehead atoms. The fourth-order valence-electron chi connectivity index (χ4n) is 2.50. The summed E-state index contributed by atoms with van der Waals surface area (Å²) in [6.07, 6.45) is 4.90. The van der Waals surface area contributed by atoms with Crippen LogP contribution in [0.4, 0.5) is 0 Å². The topological polar surface area (TPSA) is 38.0 Å². The summed E-state index contributed by atoms with van der Waals surface area (Å²) >= 11 is 0. The average Bonchev–Trinajstić information content (AvgIpc) is 2.13. The van der Waals surface area contributed by atoms with Crippen LogP contribution in [0.25, 0.3) is 0 Å². The van der Waals surface area contributed by atoms with E-state index in [1.165, 1.54) is 25.7 Å². The first-order chi connectivity index (χ1) is 7.28. The summed E-state index contributed by atoms with van der Waals surface area (Å²) in [5.41, 5.74) is 3.41. The lowest BCUT2D eigenvalue weighted by atomic mass is 9.82. The summed E-state index contributed by atoms with van der Waals surface area (Å²) in [4.78, 5) is 0. The highest BCUT2D eigenvalue weighted by molar-refractivity contribution is 4.73. The molecule has 0 aliphatic rings. The van der Waals surface area contributed by atoms with E-state index in [1.54, 1.807) is 0 Å². The Bertz CT molecular complexity index is 172. The fraction of sp³-hybridized carbons (Fsp3) is 1.00. The van der Waals surface area contributed by atoms with Crippen molar-refractivity contribution in [3.63, 3.8) is 0 Å². The third-order valence-electron chi connectivity index (χ3n) is 3.27. The van der Waals surface area contributed by atoms with Gasteiger partial charge in [-0.25, -0.2) is 0 Å². The van der Waals surface area contributed by atoms with Gasteiger partial charge in [0.25, 0.3) is 0 Å². The van der Waals surface area contributed by atoms with Gasteiger partial charge < -0.3 is 0 Å². The number of nitrogens with two attached hydrogens (primary N) is 1. The molecule has 0 saturated carbocycles. The maximum atomic E-state index is 5.64. The van der Waals surface area contributed by atoms with Gasteiger partial charge in [0.2, 0.25) is 0 Å². The molecule has 2 nitrogen and oxygen atoms in total. The van der Waals surface area contributed by atoms with E-state index in [0.717, 1.165) is 11.8 Å². The van der Waals surface area contributed by atoms with Crippen LogP contribution in [0.2, 0.25) is 0 Å². The minimum absolute atomic E-state index is 0.426. The lowest BCUT2D eigenvalue weighted by Crippen LogP contribution is -2.37. The molecule has 0 amide bonds. The molecule has 0 aromatic heterocycles. The van der Waals surface area contributed by atoms with Crippen molar-refractivity contribution in [2.45, 2.75) is 73.3 Å². The van der Waals surface area contributed by atoms with Gasteiger partial charge in [0.1, 0.15) is 0 Å². The van der Waals surface area contributed by atoms with Crippen LogP contribution in [0.15, 0.2) is 0 Å². The normalized spacial score (nSPS) is 18.2. The Morgan fingerprint density at radius 3 is 1.94 bits per heavy atom. The van der Waals surface area contributed by atoms with Gasteiger partial charge in [0.05, 0.1) is 0 Å². The minimum atomic E-state index is 0.426. The van der Waals surface area contributed by atoms with E-state index in [0.29, 0.717) is 11.5 Å². The van der Waals surface area contributed by atoms with E-state index in [-0.39, 0.29) is 0 Å². The first-order valence-corrected chi connectivity index (χ1v) is 6.74. The Morgan fingerprint density at radius 2 is 1.56 bits per heavy atom. The van der Waals surface area contributed by atoms with Crippen LogP contribution in [0.5, 0.6) is 0 Å². The SMILES string of the molecule is CCC(C)CC(CC(C)CC(C)(C)C)NN. The zero-order valence-electron chi connectivity index (χ0n) is 12.1. The van der Waals surface area contributed by atoms with Crippen molar-refractivity contribution in [1.82, 2.24) is 5.43 Å². The highest BCUT2D eigenvalue weighted by Crippen LogP contribution is 2.27. The van der Waals surface area contributed by atoms with Crippen LogP contribution in [-0.4, -0.2) is 6.04 Å². The molecule has 0 aromatic carbocycles. The predicted octanol–water partition coefficient (Wildman–Crippen LogP) is 3.72. The Hall–Kier alpha value is -0.0800. The molecule has 16 heavy (non-hydrogen) atoms. The third-order valence-corrected chi connectivity index (χ3v) is 3.27. The molecule has 0 radical (unpaired) electrons. The molecule has 0 aromatic rings. The number of nitrogens with one attached hydrogen (secondary N) is 1. The van der Waals surface area contributed by atoms with E-state index in [4.69, 9.17) is 5.84 Å². The Balaban J connectivity index is 4.01. The summed E-state index contributed by atoms with van der Waals surface area (Å²) in [6, 6.07) is 0.479. The maximum Gasteiger partial charge on any atom is 0.0215 e.